The van der Waals surface area contributed by atoms with Crippen LogP contribution in [0.4, 0.5) is 0 Å². The minimum atomic E-state index is 0.489. The van der Waals surface area contributed by atoms with Gasteiger partial charge in [0.25, 0.3) is 0 Å². The topological polar surface area (TPSA) is 45.6 Å². The van der Waals surface area contributed by atoms with Gasteiger partial charge in [-0.15, -0.1) is 0 Å². The Labute approximate surface area is 161 Å². The molecule has 0 aliphatic carbocycles. The van der Waals surface area contributed by atoms with E-state index in [9.17, 15) is 0 Å². The van der Waals surface area contributed by atoms with E-state index in [-0.39, 0.29) is 0 Å². The molecule has 2 aromatic rings. The predicted octanol–water partition coefficient (Wildman–Crippen LogP) is 4.64. The summed E-state index contributed by atoms with van der Waals surface area (Å²) in [6, 6.07) is 18.0. The maximum absolute atomic E-state index is 5.88. The van der Waals surface area contributed by atoms with Crippen molar-refractivity contribution in [3.05, 3.63) is 65.7 Å². The zero-order chi connectivity index (χ0) is 18.5. The molecule has 0 unspecified atom stereocenters. The minimum Gasteiger partial charge on any atom is -0.493 e. The third kappa shape index (κ3) is 7.66. The lowest BCUT2D eigenvalue weighted by Gasteiger charge is -2.09. The second-order valence-electron chi connectivity index (χ2n) is 5.99. The fraction of sp³-hybridized carbons (Fsp3) is 0.333. The molecule has 0 aliphatic rings. The van der Waals surface area contributed by atoms with E-state index in [0.717, 1.165) is 24.3 Å². The molecular formula is C21H27N3OS. The van der Waals surface area contributed by atoms with Gasteiger partial charge in [0.1, 0.15) is 5.75 Å². The molecule has 0 atom stereocenters. The maximum Gasteiger partial charge on any atom is 0.187 e. The number of para-hydroxylation sites is 1. The number of hydrogen-bond donors (Lipinski definition) is 2. The van der Waals surface area contributed by atoms with Crippen molar-refractivity contribution in [2.24, 2.45) is 5.10 Å². The second-order valence-corrected chi connectivity index (χ2v) is 6.39. The second kappa shape index (κ2) is 12.0. The van der Waals surface area contributed by atoms with Gasteiger partial charge in [-0.25, -0.2) is 0 Å². The number of nitrogens with zero attached hydrogens (tertiary/aromatic N) is 1. The molecule has 0 fully saturated rings. The number of hydrogen-bond acceptors (Lipinski definition) is 3. The van der Waals surface area contributed by atoms with Gasteiger partial charge < -0.3 is 10.1 Å². The Bertz CT molecular complexity index is 689. The summed E-state index contributed by atoms with van der Waals surface area (Å²) in [6.07, 6.45) is 6.50. The Hall–Kier alpha value is -2.40. The van der Waals surface area contributed by atoms with E-state index in [4.69, 9.17) is 17.0 Å². The molecule has 0 saturated heterocycles. The third-order valence-corrected chi connectivity index (χ3v) is 4.08. The molecule has 138 valence electrons. The summed E-state index contributed by atoms with van der Waals surface area (Å²) >= 11 is 5.24. The third-order valence-electron chi connectivity index (χ3n) is 3.84. The molecular weight excluding hydrogens is 342 g/mol. The molecule has 0 amide bonds. The number of ether oxygens (including phenoxy) is 1. The van der Waals surface area contributed by atoms with Crippen LogP contribution in [-0.2, 0) is 6.54 Å². The van der Waals surface area contributed by atoms with Gasteiger partial charge in [-0.2, -0.15) is 5.10 Å². The first-order valence-corrected chi connectivity index (χ1v) is 9.53. The number of thiocarbonyl (C=S) groups is 1. The van der Waals surface area contributed by atoms with Gasteiger partial charge in [0.05, 0.1) is 12.8 Å². The summed E-state index contributed by atoms with van der Waals surface area (Å²) in [7, 11) is 0. The van der Waals surface area contributed by atoms with Crippen molar-refractivity contribution in [3.8, 4) is 5.75 Å². The lowest BCUT2D eigenvalue weighted by atomic mass is 10.2. The summed E-state index contributed by atoms with van der Waals surface area (Å²) < 4.78 is 5.88. The lowest BCUT2D eigenvalue weighted by Crippen LogP contribution is -2.31. The molecule has 2 aromatic carbocycles. The van der Waals surface area contributed by atoms with E-state index >= 15 is 0 Å². The van der Waals surface area contributed by atoms with Gasteiger partial charge >= 0.3 is 0 Å². The molecule has 0 spiro atoms. The fourth-order valence-electron chi connectivity index (χ4n) is 2.41. The minimum absolute atomic E-state index is 0.489. The van der Waals surface area contributed by atoms with Gasteiger partial charge in [-0.05, 0) is 36.3 Å². The van der Waals surface area contributed by atoms with Crippen molar-refractivity contribution < 1.29 is 4.74 Å². The van der Waals surface area contributed by atoms with E-state index in [0.29, 0.717) is 11.7 Å². The van der Waals surface area contributed by atoms with Gasteiger partial charge in [0.2, 0.25) is 0 Å². The standard InChI is InChI=1S/C21H27N3OS/c1-2-3-4-10-15-25-20-14-9-8-13-19(20)17-23-24-21(26)22-16-18-11-6-5-7-12-18/h5-9,11-14,17H,2-4,10,15-16H2,1H3,(H2,22,24,26)/b23-17+. The van der Waals surface area contributed by atoms with Crippen molar-refractivity contribution in [1.82, 2.24) is 10.7 Å². The summed E-state index contributed by atoms with van der Waals surface area (Å²) in [6.45, 7) is 3.60. The molecule has 4 nitrogen and oxygen atoms in total. The number of hydrazone groups is 1. The molecule has 26 heavy (non-hydrogen) atoms. The van der Waals surface area contributed by atoms with E-state index in [1.54, 1.807) is 6.21 Å². The van der Waals surface area contributed by atoms with Crippen LogP contribution in [0.1, 0.15) is 43.7 Å². The van der Waals surface area contributed by atoms with Crippen LogP contribution in [0.5, 0.6) is 5.75 Å². The first kappa shape index (κ1) is 19.9. The van der Waals surface area contributed by atoms with Crippen molar-refractivity contribution in [1.29, 1.82) is 0 Å². The SMILES string of the molecule is CCCCCCOc1ccccc1/C=N/NC(=S)NCc1ccccc1. The van der Waals surface area contributed by atoms with Crippen molar-refractivity contribution in [3.63, 3.8) is 0 Å². The Morgan fingerprint density at radius 2 is 1.81 bits per heavy atom. The maximum atomic E-state index is 5.88. The molecule has 0 aliphatic heterocycles. The average Bonchev–Trinajstić information content (AvgIpc) is 2.68. The van der Waals surface area contributed by atoms with Gasteiger partial charge in [-0.1, -0.05) is 68.7 Å². The van der Waals surface area contributed by atoms with Crippen LogP contribution in [0.25, 0.3) is 0 Å². The van der Waals surface area contributed by atoms with E-state index in [1.807, 2.05) is 54.6 Å². The molecule has 0 saturated carbocycles. The number of unbranched alkanes of at least 4 members (excludes halogenated alkanes) is 3. The summed E-state index contributed by atoms with van der Waals surface area (Å²) in [5.41, 5.74) is 4.95. The van der Waals surface area contributed by atoms with Crippen molar-refractivity contribution in [2.45, 2.75) is 39.2 Å². The molecule has 0 radical (unpaired) electrons. The highest BCUT2D eigenvalue weighted by Gasteiger charge is 2.01. The van der Waals surface area contributed by atoms with Crippen LogP contribution < -0.4 is 15.5 Å². The van der Waals surface area contributed by atoms with Crippen LogP contribution in [0.3, 0.4) is 0 Å². The van der Waals surface area contributed by atoms with Crippen LogP contribution in [0.15, 0.2) is 59.7 Å². The molecule has 2 N–H and O–H groups in total. The zero-order valence-electron chi connectivity index (χ0n) is 15.3. The Morgan fingerprint density at radius 3 is 2.62 bits per heavy atom. The largest absolute Gasteiger partial charge is 0.493 e. The van der Waals surface area contributed by atoms with Crippen LogP contribution in [0.2, 0.25) is 0 Å². The smallest absolute Gasteiger partial charge is 0.187 e. The summed E-state index contributed by atoms with van der Waals surface area (Å²) in [5, 5.41) is 7.83. The quantitative estimate of drug-likeness (QED) is 0.277. The monoisotopic (exact) mass is 369 g/mol. The highest BCUT2D eigenvalue weighted by atomic mass is 32.1. The van der Waals surface area contributed by atoms with Gasteiger partial charge in [-0.3, -0.25) is 5.43 Å². The Kier molecular flexibility index (Phi) is 9.22. The first-order valence-electron chi connectivity index (χ1n) is 9.12. The van der Waals surface area contributed by atoms with Crippen LogP contribution >= 0.6 is 12.2 Å². The molecule has 0 bridgehead atoms. The molecule has 5 heteroatoms. The Morgan fingerprint density at radius 1 is 1.04 bits per heavy atom. The fourth-order valence-corrected chi connectivity index (χ4v) is 2.53. The summed E-state index contributed by atoms with van der Waals surface area (Å²) in [5.74, 6) is 0.845. The number of benzene rings is 2. The Balaban J connectivity index is 1.77. The number of nitrogens with one attached hydrogen (secondary N) is 2. The number of rotatable bonds is 10. The lowest BCUT2D eigenvalue weighted by molar-refractivity contribution is 0.304. The molecule has 2 rings (SSSR count). The first-order chi connectivity index (χ1) is 12.8. The van der Waals surface area contributed by atoms with Crippen molar-refractivity contribution in [2.75, 3.05) is 6.61 Å². The molecule has 0 aromatic heterocycles. The highest BCUT2D eigenvalue weighted by Crippen LogP contribution is 2.16. The van der Waals surface area contributed by atoms with Crippen molar-refractivity contribution >= 4 is 23.5 Å². The van der Waals surface area contributed by atoms with Crippen LogP contribution in [-0.4, -0.2) is 17.9 Å². The average molecular weight is 370 g/mol. The normalized spacial score (nSPS) is 10.7. The van der Waals surface area contributed by atoms with Gasteiger partial charge in [0, 0.05) is 12.1 Å². The summed E-state index contributed by atoms with van der Waals surface area (Å²) in [4.78, 5) is 0. The van der Waals surface area contributed by atoms with Crippen LogP contribution in [0, 0.1) is 0 Å². The highest BCUT2D eigenvalue weighted by molar-refractivity contribution is 7.80. The van der Waals surface area contributed by atoms with E-state index in [1.165, 1.54) is 24.8 Å². The van der Waals surface area contributed by atoms with Gasteiger partial charge in [0.15, 0.2) is 5.11 Å². The molecule has 0 heterocycles. The predicted molar refractivity (Wildman–Crippen MR) is 113 cm³/mol. The van der Waals surface area contributed by atoms with E-state index in [2.05, 4.69) is 22.8 Å². The zero-order valence-corrected chi connectivity index (χ0v) is 16.1. The van der Waals surface area contributed by atoms with E-state index < -0.39 is 0 Å².